The van der Waals surface area contributed by atoms with E-state index in [4.69, 9.17) is 23.2 Å². The number of halogens is 2. The summed E-state index contributed by atoms with van der Waals surface area (Å²) in [5.41, 5.74) is 0.224. The van der Waals surface area contributed by atoms with Crippen LogP contribution >= 0.6 is 23.2 Å². The lowest BCUT2D eigenvalue weighted by Crippen LogP contribution is -2.35. The summed E-state index contributed by atoms with van der Waals surface area (Å²) in [5.74, 6) is -0.618. The highest BCUT2D eigenvalue weighted by molar-refractivity contribution is 7.93. The Bertz CT molecular complexity index is 756. The first-order chi connectivity index (χ1) is 9.82. The van der Waals surface area contributed by atoms with Crippen LogP contribution in [0.2, 0.25) is 10.0 Å². The largest absolute Gasteiger partial charge is 0.274 e. The Balaban J connectivity index is 2.54. The number of carbonyl (C=O) groups is 1. The van der Waals surface area contributed by atoms with Crippen LogP contribution in [0.25, 0.3) is 0 Å². The summed E-state index contributed by atoms with van der Waals surface area (Å²) in [6.45, 7) is 1.18. The van der Waals surface area contributed by atoms with Crippen LogP contribution in [-0.2, 0) is 14.8 Å². The molecule has 4 nitrogen and oxygen atoms in total. The fourth-order valence-corrected chi connectivity index (χ4v) is 3.46. The van der Waals surface area contributed by atoms with E-state index in [1.807, 2.05) is 0 Å². The molecule has 0 aliphatic carbocycles. The number of hydrogen-bond donors (Lipinski definition) is 0. The maximum Gasteiger partial charge on any atom is 0.270 e. The van der Waals surface area contributed by atoms with Crippen LogP contribution in [0.5, 0.6) is 0 Å². The molecule has 7 heteroatoms. The van der Waals surface area contributed by atoms with E-state index < -0.39 is 15.9 Å². The van der Waals surface area contributed by atoms with Gasteiger partial charge in [-0.05, 0) is 48.5 Å². The summed E-state index contributed by atoms with van der Waals surface area (Å²) in [6.07, 6.45) is 0. The third kappa shape index (κ3) is 3.37. The Hall–Kier alpha value is -1.56. The van der Waals surface area contributed by atoms with Crippen molar-refractivity contribution < 1.29 is 13.2 Å². The van der Waals surface area contributed by atoms with E-state index in [-0.39, 0.29) is 10.6 Å². The molecule has 0 aliphatic rings. The van der Waals surface area contributed by atoms with Crippen molar-refractivity contribution in [1.29, 1.82) is 0 Å². The average molecular weight is 344 g/mol. The summed E-state index contributed by atoms with van der Waals surface area (Å²) < 4.78 is 25.9. The fraction of sp³-hybridized carbons (Fsp3) is 0.0714. The molecular weight excluding hydrogens is 333 g/mol. The van der Waals surface area contributed by atoms with E-state index in [2.05, 4.69) is 0 Å². The van der Waals surface area contributed by atoms with Crippen molar-refractivity contribution in [3.63, 3.8) is 0 Å². The van der Waals surface area contributed by atoms with E-state index in [1.54, 1.807) is 0 Å². The Morgan fingerprint density at radius 1 is 0.905 bits per heavy atom. The molecule has 21 heavy (non-hydrogen) atoms. The van der Waals surface area contributed by atoms with Crippen molar-refractivity contribution >= 4 is 44.8 Å². The Morgan fingerprint density at radius 3 is 1.76 bits per heavy atom. The molecule has 0 aromatic heterocycles. The quantitative estimate of drug-likeness (QED) is 0.852. The minimum atomic E-state index is -4.00. The summed E-state index contributed by atoms with van der Waals surface area (Å²) >= 11 is 11.5. The third-order valence-corrected chi connectivity index (χ3v) is 5.02. The molecular formula is C14H11Cl2NO3S. The molecule has 110 valence electrons. The zero-order chi connectivity index (χ0) is 15.6. The smallest absolute Gasteiger partial charge is 0.270 e. The molecule has 0 heterocycles. The average Bonchev–Trinajstić information content (AvgIpc) is 2.41. The maximum absolute atomic E-state index is 12.6. The molecule has 0 fully saturated rings. The molecule has 0 radical (unpaired) electrons. The van der Waals surface area contributed by atoms with Crippen molar-refractivity contribution in [2.45, 2.75) is 11.8 Å². The van der Waals surface area contributed by atoms with Crippen LogP contribution in [0, 0.1) is 0 Å². The van der Waals surface area contributed by atoms with Gasteiger partial charge >= 0.3 is 0 Å². The van der Waals surface area contributed by atoms with E-state index in [0.29, 0.717) is 10.0 Å². The van der Waals surface area contributed by atoms with Gasteiger partial charge in [-0.3, -0.25) is 4.79 Å². The van der Waals surface area contributed by atoms with Gasteiger partial charge in [0, 0.05) is 17.0 Å². The third-order valence-electron chi connectivity index (χ3n) is 2.70. The van der Waals surface area contributed by atoms with Crippen molar-refractivity contribution in [2.75, 3.05) is 4.31 Å². The number of anilines is 1. The van der Waals surface area contributed by atoms with Gasteiger partial charge in [0.2, 0.25) is 5.91 Å². The van der Waals surface area contributed by atoms with Crippen molar-refractivity contribution in [3.8, 4) is 0 Å². The molecule has 0 atom stereocenters. The van der Waals surface area contributed by atoms with Crippen molar-refractivity contribution in [3.05, 3.63) is 58.6 Å². The second kappa shape index (κ2) is 6.05. The predicted octanol–water partition coefficient (Wildman–Crippen LogP) is 3.74. The van der Waals surface area contributed by atoms with E-state index in [0.717, 1.165) is 4.31 Å². The van der Waals surface area contributed by atoms with Crippen LogP contribution in [0.15, 0.2) is 53.4 Å². The molecule has 0 saturated carbocycles. The van der Waals surface area contributed by atoms with Gasteiger partial charge in [-0.2, -0.15) is 0 Å². The number of sulfonamides is 1. The van der Waals surface area contributed by atoms with Crippen LogP contribution in [0.1, 0.15) is 6.92 Å². The lowest BCUT2D eigenvalue weighted by atomic mass is 10.3. The molecule has 0 spiro atoms. The number of amides is 1. The van der Waals surface area contributed by atoms with Crippen LogP contribution in [0.4, 0.5) is 5.69 Å². The van der Waals surface area contributed by atoms with Gasteiger partial charge < -0.3 is 0 Å². The first-order valence-corrected chi connectivity index (χ1v) is 8.09. The molecule has 0 N–H and O–H groups in total. The number of hydrogen-bond acceptors (Lipinski definition) is 3. The predicted molar refractivity (Wildman–Crippen MR) is 83.2 cm³/mol. The monoisotopic (exact) mass is 343 g/mol. The minimum absolute atomic E-state index is 0.0166. The standard InChI is InChI=1S/C14H11Cl2NO3S/c1-10(18)17(13-6-2-11(15)3-7-13)21(19,20)14-8-4-12(16)5-9-14/h2-9H,1H3. The van der Waals surface area contributed by atoms with Crippen LogP contribution in [-0.4, -0.2) is 14.3 Å². The van der Waals surface area contributed by atoms with Gasteiger partial charge in [-0.15, -0.1) is 0 Å². The van der Waals surface area contributed by atoms with Gasteiger partial charge in [0.15, 0.2) is 0 Å². The highest BCUT2D eigenvalue weighted by atomic mass is 35.5. The highest BCUT2D eigenvalue weighted by Crippen LogP contribution is 2.26. The lowest BCUT2D eigenvalue weighted by molar-refractivity contribution is -0.115. The SMILES string of the molecule is CC(=O)N(c1ccc(Cl)cc1)S(=O)(=O)c1ccc(Cl)cc1. The van der Waals surface area contributed by atoms with Gasteiger partial charge in [-0.25, -0.2) is 12.7 Å². The fourth-order valence-electron chi connectivity index (χ4n) is 1.78. The molecule has 0 bridgehead atoms. The van der Waals surface area contributed by atoms with E-state index in [9.17, 15) is 13.2 Å². The number of benzene rings is 2. The number of carbonyl (C=O) groups excluding carboxylic acids is 1. The maximum atomic E-state index is 12.6. The first-order valence-electron chi connectivity index (χ1n) is 5.89. The zero-order valence-electron chi connectivity index (χ0n) is 11.0. The second-order valence-corrected chi connectivity index (χ2v) is 6.88. The Morgan fingerprint density at radius 2 is 1.33 bits per heavy atom. The topological polar surface area (TPSA) is 54.5 Å². The van der Waals surface area contributed by atoms with Crippen molar-refractivity contribution in [1.82, 2.24) is 0 Å². The van der Waals surface area contributed by atoms with Gasteiger partial charge in [0.05, 0.1) is 10.6 Å². The van der Waals surface area contributed by atoms with Crippen LogP contribution < -0.4 is 4.31 Å². The molecule has 2 aromatic rings. The Labute approximate surface area is 133 Å². The van der Waals surface area contributed by atoms with Gasteiger partial charge in [0.25, 0.3) is 10.0 Å². The summed E-state index contributed by atoms with van der Waals surface area (Å²) in [4.78, 5) is 11.8. The molecule has 0 unspecified atom stereocenters. The normalized spacial score (nSPS) is 11.2. The molecule has 0 saturated heterocycles. The highest BCUT2D eigenvalue weighted by Gasteiger charge is 2.28. The van der Waals surface area contributed by atoms with Crippen molar-refractivity contribution in [2.24, 2.45) is 0 Å². The van der Waals surface area contributed by atoms with E-state index in [1.165, 1.54) is 55.5 Å². The summed E-state index contributed by atoms with van der Waals surface area (Å²) in [6, 6.07) is 11.6. The second-order valence-electron chi connectivity index (χ2n) is 4.22. The molecule has 2 rings (SSSR count). The minimum Gasteiger partial charge on any atom is -0.274 e. The number of rotatable bonds is 3. The van der Waals surface area contributed by atoms with E-state index >= 15 is 0 Å². The molecule has 0 aliphatic heterocycles. The Kier molecular flexibility index (Phi) is 4.56. The van der Waals surface area contributed by atoms with Gasteiger partial charge in [-0.1, -0.05) is 23.2 Å². The molecule has 1 amide bonds. The lowest BCUT2D eigenvalue weighted by Gasteiger charge is -2.21. The number of nitrogens with zero attached hydrogens (tertiary/aromatic N) is 1. The summed E-state index contributed by atoms with van der Waals surface area (Å²) in [7, 11) is -4.00. The zero-order valence-corrected chi connectivity index (χ0v) is 13.3. The van der Waals surface area contributed by atoms with Gasteiger partial charge in [0.1, 0.15) is 0 Å². The first kappa shape index (κ1) is 15.8. The summed E-state index contributed by atoms with van der Waals surface area (Å²) in [5, 5.41) is 0.862. The van der Waals surface area contributed by atoms with Crippen LogP contribution in [0.3, 0.4) is 0 Å². The molecule has 2 aromatic carbocycles.